The number of carbonyl (C=O) groups excluding carboxylic acids is 1. The third kappa shape index (κ3) is 6.62. The van der Waals surface area contributed by atoms with Crippen molar-refractivity contribution >= 4 is 33.5 Å². The first-order chi connectivity index (χ1) is 10.1. The summed E-state index contributed by atoms with van der Waals surface area (Å²) >= 11 is 3.40. The van der Waals surface area contributed by atoms with Crippen molar-refractivity contribution in [2.24, 2.45) is 4.99 Å². The van der Waals surface area contributed by atoms with Crippen molar-refractivity contribution < 1.29 is 4.79 Å². The molecule has 0 aliphatic heterocycles. The topological polar surface area (TPSA) is 65.5 Å². The van der Waals surface area contributed by atoms with Gasteiger partial charge in [0.25, 0.3) is 0 Å². The first kappa shape index (κ1) is 17.5. The molecule has 1 aromatic carbocycles. The van der Waals surface area contributed by atoms with Gasteiger partial charge in [0.2, 0.25) is 5.91 Å². The van der Waals surface area contributed by atoms with Crippen molar-refractivity contribution in [2.75, 3.05) is 25.5 Å². The van der Waals surface area contributed by atoms with E-state index in [4.69, 9.17) is 0 Å². The van der Waals surface area contributed by atoms with E-state index in [0.717, 1.165) is 34.6 Å². The number of anilines is 1. The van der Waals surface area contributed by atoms with E-state index < -0.39 is 0 Å². The van der Waals surface area contributed by atoms with Crippen LogP contribution in [0.4, 0.5) is 5.69 Å². The van der Waals surface area contributed by atoms with Crippen molar-refractivity contribution in [3.05, 3.63) is 28.2 Å². The van der Waals surface area contributed by atoms with E-state index in [1.54, 1.807) is 7.05 Å². The van der Waals surface area contributed by atoms with E-state index in [2.05, 4.69) is 43.8 Å². The SMILES string of the molecule is CCCNC(=NC)NCCC(=O)Nc1cc(Br)ccc1C. The highest BCUT2D eigenvalue weighted by atomic mass is 79.9. The van der Waals surface area contributed by atoms with Gasteiger partial charge in [-0.1, -0.05) is 28.9 Å². The van der Waals surface area contributed by atoms with Crippen molar-refractivity contribution in [1.29, 1.82) is 0 Å². The maximum atomic E-state index is 11.9. The van der Waals surface area contributed by atoms with Crippen LogP contribution >= 0.6 is 15.9 Å². The molecule has 1 amide bonds. The molecule has 21 heavy (non-hydrogen) atoms. The Morgan fingerprint density at radius 1 is 1.29 bits per heavy atom. The summed E-state index contributed by atoms with van der Waals surface area (Å²) in [6, 6.07) is 5.83. The van der Waals surface area contributed by atoms with Gasteiger partial charge in [-0.2, -0.15) is 0 Å². The Kier molecular flexibility index (Phi) is 7.82. The molecule has 3 N–H and O–H groups in total. The molecule has 0 atom stereocenters. The second-order valence-electron chi connectivity index (χ2n) is 4.68. The van der Waals surface area contributed by atoms with Gasteiger partial charge in [-0.05, 0) is 31.0 Å². The van der Waals surface area contributed by atoms with E-state index in [1.807, 2.05) is 25.1 Å². The summed E-state index contributed by atoms with van der Waals surface area (Å²) in [6.07, 6.45) is 1.42. The average Bonchev–Trinajstić information content (AvgIpc) is 2.46. The van der Waals surface area contributed by atoms with Gasteiger partial charge in [-0.15, -0.1) is 0 Å². The van der Waals surface area contributed by atoms with Crippen LogP contribution in [0.15, 0.2) is 27.7 Å². The molecule has 6 heteroatoms. The fourth-order valence-electron chi connectivity index (χ4n) is 1.70. The Labute approximate surface area is 134 Å². The Balaban J connectivity index is 2.39. The zero-order chi connectivity index (χ0) is 15.7. The normalized spacial score (nSPS) is 11.1. The van der Waals surface area contributed by atoms with Crippen LogP contribution in [0.1, 0.15) is 25.3 Å². The van der Waals surface area contributed by atoms with E-state index in [9.17, 15) is 4.79 Å². The summed E-state index contributed by atoms with van der Waals surface area (Å²) in [6.45, 7) is 5.47. The molecule has 1 rings (SSSR count). The average molecular weight is 355 g/mol. The smallest absolute Gasteiger partial charge is 0.226 e. The highest BCUT2D eigenvalue weighted by Gasteiger charge is 2.06. The molecule has 116 valence electrons. The van der Waals surface area contributed by atoms with Gasteiger partial charge in [-0.25, -0.2) is 0 Å². The lowest BCUT2D eigenvalue weighted by molar-refractivity contribution is -0.116. The quantitative estimate of drug-likeness (QED) is 0.543. The molecular weight excluding hydrogens is 332 g/mol. The minimum absolute atomic E-state index is 0.0188. The molecule has 0 heterocycles. The molecule has 0 saturated heterocycles. The van der Waals surface area contributed by atoms with Crippen molar-refractivity contribution in [3.8, 4) is 0 Å². The maximum Gasteiger partial charge on any atom is 0.226 e. The number of nitrogens with zero attached hydrogens (tertiary/aromatic N) is 1. The third-order valence-corrected chi connectivity index (χ3v) is 3.38. The van der Waals surface area contributed by atoms with Gasteiger partial charge in [0, 0.05) is 36.7 Å². The zero-order valence-corrected chi connectivity index (χ0v) is 14.4. The van der Waals surface area contributed by atoms with Crippen LogP contribution in [0, 0.1) is 6.92 Å². The zero-order valence-electron chi connectivity index (χ0n) is 12.8. The van der Waals surface area contributed by atoms with Crippen LogP contribution in [0.5, 0.6) is 0 Å². The second kappa shape index (κ2) is 9.39. The van der Waals surface area contributed by atoms with Gasteiger partial charge < -0.3 is 16.0 Å². The number of guanidine groups is 1. The standard InChI is InChI=1S/C15H23BrN4O/c1-4-8-18-15(17-3)19-9-7-14(21)20-13-10-12(16)6-5-11(13)2/h5-6,10H,4,7-9H2,1-3H3,(H,20,21)(H2,17,18,19). The Morgan fingerprint density at radius 2 is 2.00 bits per heavy atom. The van der Waals surface area contributed by atoms with Crippen LogP contribution in [0.25, 0.3) is 0 Å². The van der Waals surface area contributed by atoms with E-state index in [1.165, 1.54) is 0 Å². The number of aliphatic imine (C=N–C) groups is 1. The van der Waals surface area contributed by atoms with Crippen molar-refractivity contribution in [1.82, 2.24) is 10.6 Å². The lowest BCUT2D eigenvalue weighted by Gasteiger charge is -2.12. The predicted octanol–water partition coefficient (Wildman–Crippen LogP) is 2.66. The van der Waals surface area contributed by atoms with Crippen LogP contribution < -0.4 is 16.0 Å². The molecule has 0 fully saturated rings. The maximum absolute atomic E-state index is 11.9. The summed E-state index contributed by atoms with van der Waals surface area (Å²) in [4.78, 5) is 16.0. The van der Waals surface area contributed by atoms with Gasteiger partial charge in [0.1, 0.15) is 0 Å². The molecule has 5 nitrogen and oxygen atoms in total. The number of amides is 1. The van der Waals surface area contributed by atoms with Crippen molar-refractivity contribution in [3.63, 3.8) is 0 Å². The molecule has 0 spiro atoms. The number of carbonyl (C=O) groups is 1. The molecule has 0 aliphatic carbocycles. The molecule has 0 unspecified atom stereocenters. The number of hydrogen-bond donors (Lipinski definition) is 3. The molecule has 0 bridgehead atoms. The number of nitrogens with one attached hydrogen (secondary N) is 3. The first-order valence-corrected chi connectivity index (χ1v) is 7.86. The molecule has 0 radical (unpaired) electrons. The second-order valence-corrected chi connectivity index (χ2v) is 5.60. The van der Waals surface area contributed by atoms with Crippen LogP contribution in [0.2, 0.25) is 0 Å². The molecule has 0 saturated carbocycles. The first-order valence-electron chi connectivity index (χ1n) is 7.07. The third-order valence-electron chi connectivity index (χ3n) is 2.88. The van der Waals surface area contributed by atoms with E-state index in [0.29, 0.717) is 13.0 Å². The molecule has 0 aromatic heterocycles. The number of halogens is 1. The Morgan fingerprint density at radius 3 is 2.67 bits per heavy atom. The predicted molar refractivity (Wildman–Crippen MR) is 91.8 cm³/mol. The lowest BCUT2D eigenvalue weighted by atomic mass is 10.2. The summed E-state index contributed by atoms with van der Waals surface area (Å²) < 4.78 is 0.950. The van der Waals surface area contributed by atoms with Gasteiger partial charge in [-0.3, -0.25) is 9.79 Å². The Hall–Kier alpha value is -1.56. The van der Waals surface area contributed by atoms with Crippen molar-refractivity contribution in [2.45, 2.75) is 26.7 Å². The van der Waals surface area contributed by atoms with E-state index in [-0.39, 0.29) is 5.91 Å². The molecule has 0 aliphatic rings. The fourth-order valence-corrected chi connectivity index (χ4v) is 2.06. The number of hydrogen-bond acceptors (Lipinski definition) is 2. The summed E-state index contributed by atoms with van der Waals surface area (Å²) in [5.74, 6) is 0.706. The number of benzene rings is 1. The van der Waals surface area contributed by atoms with Crippen LogP contribution in [-0.4, -0.2) is 32.0 Å². The molecular formula is C15H23BrN4O. The molecule has 1 aromatic rings. The number of rotatable bonds is 6. The van der Waals surface area contributed by atoms with Crippen LogP contribution in [0.3, 0.4) is 0 Å². The lowest BCUT2D eigenvalue weighted by Crippen LogP contribution is -2.38. The highest BCUT2D eigenvalue weighted by Crippen LogP contribution is 2.20. The van der Waals surface area contributed by atoms with Gasteiger partial charge >= 0.3 is 0 Å². The van der Waals surface area contributed by atoms with Gasteiger partial charge in [0.05, 0.1) is 0 Å². The van der Waals surface area contributed by atoms with E-state index >= 15 is 0 Å². The largest absolute Gasteiger partial charge is 0.356 e. The van der Waals surface area contributed by atoms with Gasteiger partial charge in [0.15, 0.2) is 5.96 Å². The fraction of sp³-hybridized carbons (Fsp3) is 0.467. The Bertz CT molecular complexity index is 502. The van der Waals surface area contributed by atoms with Crippen LogP contribution in [-0.2, 0) is 4.79 Å². The minimum Gasteiger partial charge on any atom is -0.356 e. The monoisotopic (exact) mass is 354 g/mol. The minimum atomic E-state index is -0.0188. The summed E-state index contributed by atoms with van der Waals surface area (Å²) in [5.41, 5.74) is 1.88. The number of aryl methyl sites for hydroxylation is 1. The highest BCUT2D eigenvalue weighted by molar-refractivity contribution is 9.10. The summed E-state index contributed by atoms with van der Waals surface area (Å²) in [5, 5.41) is 9.19. The summed E-state index contributed by atoms with van der Waals surface area (Å²) in [7, 11) is 1.72.